The summed E-state index contributed by atoms with van der Waals surface area (Å²) in [4.78, 5) is 18.2. The molecular formula is C14H23N3O2. The highest BCUT2D eigenvalue weighted by Gasteiger charge is 2.19. The van der Waals surface area contributed by atoms with Gasteiger partial charge in [-0.3, -0.25) is 4.79 Å². The van der Waals surface area contributed by atoms with Gasteiger partial charge in [-0.1, -0.05) is 6.92 Å². The number of aromatic nitrogens is 2. The molecule has 0 aliphatic carbocycles. The quantitative estimate of drug-likeness (QED) is 0.779. The fourth-order valence-electron chi connectivity index (χ4n) is 2.48. The second-order valence-electron chi connectivity index (χ2n) is 5.14. The van der Waals surface area contributed by atoms with Crippen molar-refractivity contribution in [3.63, 3.8) is 0 Å². The zero-order valence-corrected chi connectivity index (χ0v) is 11.8. The van der Waals surface area contributed by atoms with Crippen LogP contribution in [0.4, 0.5) is 0 Å². The van der Waals surface area contributed by atoms with Crippen molar-refractivity contribution in [3.8, 4) is 0 Å². The van der Waals surface area contributed by atoms with Crippen molar-refractivity contribution in [3.05, 3.63) is 18.2 Å². The van der Waals surface area contributed by atoms with Gasteiger partial charge in [-0.05, 0) is 6.42 Å². The molecule has 106 valence electrons. The standard InChI is InChI=1S/C14H23N3O2/c1-3-13-15-6-8-17(13)7-4-14(18)16(2)10-12-5-9-19-11-12/h6,8,12H,3-5,7,9-11H2,1-2H3/t12-/m0/s1. The Hall–Kier alpha value is -1.36. The summed E-state index contributed by atoms with van der Waals surface area (Å²) in [6, 6.07) is 0. The summed E-state index contributed by atoms with van der Waals surface area (Å²) in [5, 5.41) is 0. The van der Waals surface area contributed by atoms with E-state index in [1.54, 1.807) is 6.20 Å². The van der Waals surface area contributed by atoms with Gasteiger partial charge < -0.3 is 14.2 Å². The van der Waals surface area contributed by atoms with Crippen molar-refractivity contribution in [1.29, 1.82) is 0 Å². The van der Waals surface area contributed by atoms with E-state index in [1.807, 2.05) is 18.1 Å². The molecule has 1 amide bonds. The van der Waals surface area contributed by atoms with Gasteiger partial charge in [-0.25, -0.2) is 4.98 Å². The Bertz CT molecular complexity index is 411. The minimum Gasteiger partial charge on any atom is -0.381 e. The van der Waals surface area contributed by atoms with E-state index in [4.69, 9.17) is 4.74 Å². The Balaban J connectivity index is 1.77. The third-order valence-electron chi connectivity index (χ3n) is 3.67. The average Bonchev–Trinajstić information content (AvgIpc) is 3.06. The normalized spacial score (nSPS) is 18.7. The molecule has 5 heteroatoms. The van der Waals surface area contributed by atoms with Crippen LogP contribution >= 0.6 is 0 Å². The number of nitrogens with zero attached hydrogens (tertiary/aromatic N) is 3. The van der Waals surface area contributed by atoms with Crippen molar-refractivity contribution in [2.75, 3.05) is 26.8 Å². The maximum absolute atomic E-state index is 12.1. The fourth-order valence-corrected chi connectivity index (χ4v) is 2.48. The molecule has 0 saturated carbocycles. The van der Waals surface area contributed by atoms with Crippen LogP contribution in [0.2, 0.25) is 0 Å². The maximum atomic E-state index is 12.1. The van der Waals surface area contributed by atoms with Gasteiger partial charge in [-0.2, -0.15) is 0 Å². The summed E-state index contributed by atoms with van der Waals surface area (Å²) in [6.45, 7) is 5.23. The zero-order chi connectivity index (χ0) is 13.7. The van der Waals surface area contributed by atoms with Crippen molar-refractivity contribution >= 4 is 5.91 Å². The van der Waals surface area contributed by atoms with Crippen LogP contribution in [-0.4, -0.2) is 47.2 Å². The lowest BCUT2D eigenvalue weighted by Gasteiger charge is -2.20. The van der Waals surface area contributed by atoms with Gasteiger partial charge in [0.1, 0.15) is 5.82 Å². The second-order valence-corrected chi connectivity index (χ2v) is 5.14. The van der Waals surface area contributed by atoms with Crippen LogP contribution in [0.15, 0.2) is 12.4 Å². The Morgan fingerprint density at radius 2 is 2.47 bits per heavy atom. The second kappa shape index (κ2) is 6.70. The first kappa shape index (κ1) is 14.1. The summed E-state index contributed by atoms with van der Waals surface area (Å²) in [6.07, 6.45) is 6.24. The lowest BCUT2D eigenvalue weighted by atomic mass is 10.1. The number of hydrogen-bond donors (Lipinski definition) is 0. The van der Waals surface area contributed by atoms with E-state index < -0.39 is 0 Å². The van der Waals surface area contributed by atoms with Crippen LogP contribution in [-0.2, 0) is 22.5 Å². The van der Waals surface area contributed by atoms with E-state index in [0.717, 1.165) is 38.4 Å². The first-order valence-corrected chi connectivity index (χ1v) is 7.02. The third-order valence-corrected chi connectivity index (χ3v) is 3.67. The number of rotatable bonds is 6. The highest BCUT2D eigenvalue weighted by molar-refractivity contribution is 5.75. The molecule has 19 heavy (non-hydrogen) atoms. The molecule has 0 unspecified atom stereocenters. The lowest BCUT2D eigenvalue weighted by molar-refractivity contribution is -0.130. The molecule has 0 bridgehead atoms. The van der Waals surface area contributed by atoms with Gasteiger partial charge in [0.05, 0.1) is 6.61 Å². The number of imidazole rings is 1. The van der Waals surface area contributed by atoms with E-state index in [1.165, 1.54) is 0 Å². The van der Waals surface area contributed by atoms with Gasteiger partial charge in [0, 0.05) is 57.9 Å². The lowest BCUT2D eigenvalue weighted by Crippen LogP contribution is -2.32. The molecule has 1 aromatic heterocycles. The molecule has 0 radical (unpaired) electrons. The molecule has 1 atom stereocenters. The molecule has 1 aliphatic rings. The molecule has 2 rings (SSSR count). The molecule has 1 aromatic rings. The van der Waals surface area contributed by atoms with Gasteiger partial charge in [0.2, 0.25) is 5.91 Å². The fraction of sp³-hybridized carbons (Fsp3) is 0.714. The van der Waals surface area contributed by atoms with Crippen LogP contribution < -0.4 is 0 Å². The Morgan fingerprint density at radius 3 is 3.16 bits per heavy atom. The SMILES string of the molecule is CCc1nccn1CCC(=O)N(C)C[C@@H]1CCOC1. The largest absolute Gasteiger partial charge is 0.381 e. The minimum atomic E-state index is 0.197. The van der Waals surface area contributed by atoms with Gasteiger partial charge in [-0.15, -0.1) is 0 Å². The van der Waals surface area contributed by atoms with E-state index in [9.17, 15) is 4.79 Å². The van der Waals surface area contributed by atoms with Crippen LogP contribution in [0.25, 0.3) is 0 Å². The van der Waals surface area contributed by atoms with Crippen LogP contribution in [0.5, 0.6) is 0 Å². The number of ether oxygens (including phenoxy) is 1. The highest BCUT2D eigenvalue weighted by atomic mass is 16.5. The van der Waals surface area contributed by atoms with Crippen LogP contribution in [0.1, 0.15) is 25.6 Å². The smallest absolute Gasteiger partial charge is 0.224 e. The van der Waals surface area contributed by atoms with Crippen molar-refractivity contribution in [2.45, 2.75) is 32.7 Å². The maximum Gasteiger partial charge on any atom is 0.224 e. The van der Waals surface area contributed by atoms with Crippen molar-refractivity contribution < 1.29 is 9.53 Å². The molecule has 1 saturated heterocycles. The number of carbonyl (C=O) groups is 1. The minimum absolute atomic E-state index is 0.197. The summed E-state index contributed by atoms with van der Waals surface area (Å²) in [5.74, 6) is 1.75. The predicted molar refractivity (Wildman–Crippen MR) is 72.8 cm³/mol. The van der Waals surface area contributed by atoms with Crippen molar-refractivity contribution in [2.24, 2.45) is 5.92 Å². The summed E-state index contributed by atoms with van der Waals surface area (Å²) in [5.41, 5.74) is 0. The first-order chi connectivity index (χ1) is 9.20. The average molecular weight is 265 g/mol. The molecule has 0 N–H and O–H groups in total. The molecular weight excluding hydrogens is 242 g/mol. The molecule has 2 heterocycles. The molecule has 0 aromatic carbocycles. The van der Waals surface area contributed by atoms with E-state index in [0.29, 0.717) is 18.9 Å². The zero-order valence-electron chi connectivity index (χ0n) is 11.8. The monoisotopic (exact) mass is 265 g/mol. The number of hydrogen-bond acceptors (Lipinski definition) is 3. The van der Waals surface area contributed by atoms with Crippen LogP contribution in [0, 0.1) is 5.92 Å². The molecule has 1 aliphatic heterocycles. The predicted octanol–water partition coefficient (Wildman–Crippen LogP) is 1.33. The number of carbonyl (C=O) groups excluding carboxylic acids is 1. The number of aryl methyl sites for hydroxylation is 2. The van der Waals surface area contributed by atoms with Gasteiger partial charge in [0.15, 0.2) is 0 Å². The molecule has 0 spiro atoms. The topological polar surface area (TPSA) is 47.4 Å². The molecule has 5 nitrogen and oxygen atoms in total. The first-order valence-electron chi connectivity index (χ1n) is 7.02. The van der Waals surface area contributed by atoms with Gasteiger partial charge in [0.25, 0.3) is 0 Å². The van der Waals surface area contributed by atoms with E-state index in [2.05, 4.69) is 16.5 Å². The highest BCUT2D eigenvalue weighted by Crippen LogP contribution is 2.13. The third kappa shape index (κ3) is 3.80. The van der Waals surface area contributed by atoms with Crippen LogP contribution in [0.3, 0.4) is 0 Å². The van der Waals surface area contributed by atoms with E-state index >= 15 is 0 Å². The van der Waals surface area contributed by atoms with Crippen molar-refractivity contribution in [1.82, 2.24) is 14.5 Å². The summed E-state index contributed by atoms with van der Waals surface area (Å²) in [7, 11) is 1.88. The molecule has 1 fully saturated rings. The summed E-state index contributed by atoms with van der Waals surface area (Å²) >= 11 is 0. The van der Waals surface area contributed by atoms with E-state index in [-0.39, 0.29) is 5.91 Å². The Kier molecular flexibility index (Phi) is 4.96. The Labute approximate surface area is 114 Å². The van der Waals surface area contributed by atoms with Gasteiger partial charge >= 0.3 is 0 Å². The summed E-state index contributed by atoms with van der Waals surface area (Å²) < 4.78 is 7.40. The Morgan fingerprint density at radius 1 is 1.63 bits per heavy atom. The number of amides is 1.